The summed E-state index contributed by atoms with van der Waals surface area (Å²) in [4.78, 5) is 4.65. The van der Waals surface area contributed by atoms with Crippen molar-refractivity contribution in [2.75, 3.05) is 6.61 Å². The maximum Gasteiger partial charge on any atom is 0.0943 e. The van der Waals surface area contributed by atoms with Gasteiger partial charge in [0.2, 0.25) is 0 Å². The van der Waals surface area contributed by atoms with Crippen molar-refractivity contribution in [1.82, 2.24) is 4.98 Å². The molecular weight excluding hydrogens is 246 g/mol. The maximum absolute atomic E-state index is 6.07. The largest absolute Gasteiger partial charge is 0.371 e. The van der Waals surface area contributed by atoms with E-state index in [1.807, 2.05) is 6.20 Å². The van der Waals surface area contributed by atoms with Crippen LogP contribution < -0.4 is 0 Å². The van der Waals surface area contributed by atoms with Crippen molar-refractivity contribution in [3.05, 3.63) is 29.6 Å². The molecule has 20 heavy (non-hydrogen) atoms. The van der Waals surface area contributed by atoms with Crippen LogP contribution in [0.3, 0.4) is 0 Å². The van der Waals surface area contributed by atoms with Gasteiger partial charge in [0.25, 0.3) is 0 Å². The molecule has 0 fully saturated rings. The molecule has 0 spiro atoms. The normalized spacial score (nSPS) is 16.8. The van der Waals surface area contributed by atoms with E-state index in [9.17, 15) is 0 Å². The van der Waals surface area contributed by atoms with Gasteiger partial charge in [-0.2, -0.15) is 0 Å². The Morgan fingerprint density at radius 1 is 1.15 bits per heavy atom. The Labute approximate surface area is 125 Å². The lowest BCUT2D eigenvalue weighted by molar-refractivity contribution is -0.0707. The maximum atomic E-state index is 6.07. The Morgan fingerprint density at radius 2 is 1.80 bits per heavy atom. The molecule has 0 saturated heterocycles. The van der Waals surface area contributed by atoms with E-state index in [1.165, 1.54) is 5.56 Å². The summed E-state index contributed by atoms with van der Waals surface area (Å²) >= 11 is 0. The number of ether oxygens (including phenoxy) is 1. The summed E-state index contributed by atoms with van der Waals surface area (Å²) in [6, 6.07) is 4.34. The second-order valence-corrected chi connectivity index (χ2v) is 7.13. The highest BCUT2D eigenvalue weighted by atomic mass is 16.5. The molecule has 2 atom stereocenters. The van der Waals surface area contributed by atoms with Crippen LogP contribution in [-0.2, 0) is 16.8 Å². The summed E-state index contributed by atoms with van der Waals surface area (Å²) in [5, 5.41) is 0. The monoisotopic (exact) mass is 277 g/mol. The van der Waals surface area contributed by atoms with E-state index in [1.54, 1.807) is 0 Å². The molecular formula is C18H31NO. The smallest absolute Gasteiger partial charge is 0.0943 e. The van der Waals surface area contributed by atoms with E-state index < -0.39 is 0 Å². The minimum Gasteiger partial charge on any atom is -0.371 e. The molecule has 0 aliphatic carbocycles. The molecule has 114 valence electrons. The highest BCUT2D eigenvalue weighted by Gasteiger charge is 2.33. The van der Waals surface area contributed by atoms with Crippen molar-refractivity contribution in [3.63, 3.8) is 0 Å². The first-order valence-corrected chi connectivity index (χ1v) is 7.82. The average Bonchev–Trinajstić information content (AvgIpc) is 2.36. The summed E-state index contributed by atoms with van der Waals surface area (Å²) in [5.41, 5.74) is 2.38. The quantitative estimate of drug-likeness (QED) is 0.732. The fraction of sp³-hybridized carbons (Fsp3) is 0.722. The van der Waals surface area contributed by atoms with E-state index in [-0.39, 0.29) is 11.0 Å². The first kappa shape index (κ1) is 17.2. The first-order valence-electron chi connectivity index (χ1n) is 7.82. The van der Waals surface area contributed by atoms with Gasteiger partial charge < -0.3 is 4.74 Å². The molecule has 0 bridgehead atoms. The van der Waals surface area contributed by atoms with Gasteiger partial charge >= 0.3 is 0 Å². The van der Waals surface area contributed by atoms with Crippen molar-refractivity contribution >= 4 is 0 Å². The fourth-order valence-corrected chi connectivity index (χ4v) is 2.57. The van der Waals surface area contributed by atoms with Crippen LogP contribution in [-0.4, -0.2) is 11.6 Å². The zero-order valence-electron chi connectivity index (χ0n) is 14.3. The Kier molecular flexibility index (Phi) is 5.76. The van der Waals surface area contributed by atoms with Crippen LogP contribution >= 0.6 is 0 Å². The second kappa shape index (κ2) is 6.71. The summed E-state index contributed by atoms with van der Waals surface area (Å²) in [5.74, 6) is 0.470. The number of nitrogens with zero attached hydrogens (tertiary/aromatic N) is 1. The van der Waals surface area contributed by atoms with Gasteiger partial charge in [-0.1, -0.05) is 47.1 Å². The van der Waals surface area contributed by atoms with Gasteiger partial charge in [-0.15, -0.1) is 0 Å². The number of pyridine rings is 1. The molecule has 0 aliphatic rings. The molecule has 1 aromatic rings. The van der Waals surface area contributed by atoms with E-state index in [2.05, 4.69) is 65.6 Å². The number of hydrogen-bond donors (Lipinski definition) is 0. The number of rotatable bonds is 6. The third kappa shape index (κ3) is 4.31. The van der Waals surface area contributed by atoms with Crippen LogP contribution in [0, 0.1) is 11.3 Å². The molecule has 0 N–H and O–H groups in total. The van der Waals surface area contributed by atoms with Crippen molar-refractivity contribution < 1.29 is 4.74 Å². The third-order valence-corrected chi connectivity index (χ3v) is 4.11. The van der Waals surface area contributed by atoms with Crippen LogP contribution in [0.15, 0.2) is 18.3 Å². The molecule has 1 heterocycles. The summed E-state index contributed by atoms with van der Waals surface area (Å²) in [7, 11) is 0. The average molecular weight is 277 g/mol. The summed E-state index contributed by atoms with van der Waals surface area (Å²) in [6.07, 6.45) is 4.10. The SMILES string of the molecule is CCOC(C)(c1ccc(CC(C)(C)C)nc1)C(C)CC. The van der Waals surface area contributed by atoms with Crippen molar-refractivity contribution in [2.24, 2.45) is 11.3 Å². The minimum absolute atomic E-state index is 0.239. The van der Waals surface area contributed by atoms with Gasteiger partial charge in [0.1, 0.15) is 0 Å². The molecule has 0 aromatic carbocycles. The topological polar surface area (TPSA) is 22.1 Å². The molecule has 0 saturated carbocycles. The number of aromatic nitrogens is 1. The van der Waals surface area contributed by atoms with Gasteiger partial charge in [0, 0.05) is 24.1 Å². The zero-order valence-corrected chi connectivity index (χ0v) is 14.3. The molecule has 0 amide bonds. The van der Waals surface area contributed by atoms with Gasteiger partial charge in [-0.05, 0) is 37.7 Å². The van der Waals surface area contributed by atoms with Gasteiger partial charge in [-0.3, -0.25) is 4.98 Å². The standard InChI is InChI=1S/C18H31NO/c1-8-14(3)18(7,20-9-2)15-10-11-16(19-13-15)12-17(4,5)6/h10-11,13-14H,8-9,12H2,1-7H3. The summed E-state index contributed by atoms with van der Waals surface area (Å²) < 4.78 is 6.07. The second-order valence-electron chi connectivity index (χ2n) is 7.13. The molecule has 1 aromatic heterocycles. The molecule has 1 rings (SSSR count). The van der Waals surface area contributed by atoms with Gasteiger partial charge in [0.05, 0.1) is 5.60 Å². The Morgan fingerprint density at radius 3 is 2.20 bits per heavy atom. The minimum atomic E-state index is -0.239. The van der Waals surface area contributed by atoms with Crippen LogP contribution in [0.4, 0.5) is 0 Å². The van der Waals surface area contributed by atoms with Gasteiger partial charge in [0.15, 0.2) is 0 Å². The van der Waals surface area contributed by atoms with E-state index in [0.717, 1.165) is 25.1 Å². The van der Waals surface area contributed by atoms with Crippen LogP contribution in [0.5, 0.6) is 0 Å². The molecule has 2 heteroatoms. The van der Waals surface area contributed by atoms with Crippen LogP contribution in [0.1, 0.15) is 66.1 Å². The zero-order chi connectivity index (χ0) is 15.4. The molecule has 0 aliphatic heterocycles. The highest BCUT2D eigenvalue weighted by molar-refractivity contribution is 5.22. The fourth-order valence-electron chi connectivity index (χ4n) is 2.57. The Balaban J connectivity index is 2.99. The van der Waals surface area contributed by atoms with Crippen molar-refractivity contribution in [3.8, 4) is 0 Å². The Hall–Kier alpha value is -0.890. The molecule has 2 unspecified atom stereocenters. The third-order valence-electron chi connectivity index (χ3n) is 4.11. The number of hydrogen-bond acceptors (Lipinski definition) is 2. The molecule has 0 radical (unpaired) electrons. The first-order chi connectivity index (χ1) is 9.23. The van der Waals surface area contributed by atoms with Gasteiger partial charge in [-0.25, -0.2) is 0 Å². The lowest BCUT2D eigenvalue weighted by Crippen LogP contribution is -2.33. The lowest BCUT2D eigenvalue weighted by Gasteiger charge is -2.35. The van der Waals surface area contributed by atoms with E-state index >= 15 is 0 Å². The highest BCUT2D eigenvalue weighted by Crippen LogP contribution is 2.35. The lowest BCUT2D eigenvalue weighted by atomic mass is 9.82. The Bertz CT molecular complexity index is 404. The van der Waals surface area contributed by atoms with Crippen molar-refractivity contribution in [1.29, 1.82) is 0 Å². The predicted molar refractivity (Wildman–Crippen MR) is 85.8 cm³/mol. The predicted octanol–water partition coefficient (Wildman–Crippen LogP) is 4.97. The summed E-state index contributed by atoms with van der Waals surface area (Å²) in [6.45, 7) is 16.2. The van der Waals surface area contributed by atoms with Crippen LogP contribution in [0.2, 0.25) is 0 Å². The van der Waals surface area contributed by atoms with E-state index in [4.69, 9.17) is 4.74 Å². The molecule has 2 nitrogen and oxygen atoms in total. The van der Waals surface area contributed by atoms with E-state index in [0.29, 0.717) is 5.92 Å². The van der Waals surface area contributed by atoms with Crippen LogP contribution in [0.25, 0.3) is 0 Å². The van der Waals surface area contributed by atoms with Crippen molar-refractivity contribution in [2.45, 2.75) is 66.9 Å².